The van der Waals surface area contributed by atoms with Gasteiger partial charge in [0.15, 0.2) is 0 Å². The summed E-state index contributed by atoms with van der Waals surface area (Å²) in [4.78, 5) is 0. The number of nitrogens with zero attached hydrogens (tertiary/aromatic N) is 3. The maximum atomic E-state index is 9.04. The predicted molar refractivity (Wildman–Crippen MR) is 74.3 cm³/mol. The molecule has 2 aromatic rings. The number of hydrogen-bond acceptors (Lipinski definition) is 5. The van der Waals surface area contributed by atoms with E-state index in [0.29, 0.717) is 22.4 Å². The van der Waals surface area contributed by atoms with Crippen LogP contribution in [0.25, 0.3) is 0 Å². The van der Waals surface area contributed by atoms with Crippen LogP contribution in [0.3, 0.4) is 0 Å². The number of rotatable bonds is 3. The van der Waals surface area contributed by atoms with Gasteiger partial charge in [0, 0.05) is 0 Å². The largest absolute Gasteiger partial charge is 0.301 e. The molecule has 0 unspecified atom stereocenters. The summed E-state index contributed by atoms with van der Waals surface area (Å²) in [5.74, 6) is 0. The number of hydrogen-bond donors (Lipinski definition) is 2. The number of nitriles is 3. The van der Waals surface area contributed by atoms with Crippen LogP contribution >= 0.6 is 0 Å². The molecule has 0 aliphatic heterocycles. The SMILES string of the molecule is N#Cc1ccc(NNc2ccc(C#N)cc2C#N)cc1. The van der Waals surface area contributed by atoms with E-state index in [1.54, 1.807) is 36.4 Å². The fraction of sp³-hybridized carbons (Fsp3) is 0. The van der Waals surface area contributed by atoms with E-state index in [9.17, 15) is 0 Å². The van der Waals surface area contributed by atoms with E-state index >= 15 is 0 Å². The lowest BCUT2D eigenvalue weighted by Gasteiger charge is -2.11. The molecule has 2 rings (SSSR count). The summed E-state index contributed by atoms with van der Waals surface area (Å²) in [6.45, 7) is 0. The predicted octanol–water partition coefficient (Wildman–Crippen LogP) is 2.74. The van der Waals surface area contributed by atoms with Crippen molar-refractivity contribution in [1.29, 1.82) is 15.8 Å². The molecule has 0 fully saturated rings. The molecule has 0 aromatic heterocycles. The van der Waals surface area contributed by atoms with Crippen LogP contribution in [-0.2, 0) is 0 Å². The molecule has 0 heterocycles. The zero-order valence-corrected chi connectivity index (χ0v) is 10.4. The molecule has 0 atom stereocenters. The Kier molecular flexibility index (Phi) is 3.83. The van der Waals surface area contributed by atoms with Crippen LogP contribution in [0, 0.1) is 34.0 Å². The molecule has 0 radical (unpaired) electrons. The van der Waals surface area contributed by atoms with Crippen molar-refractivity contribution >= 4 is 11.4 Å². The lowest BCUT2D eigenvalue weighted by molar-refractivity contribution is 1.37. The Labute approximate surface area is 116 Å². The lowest BCUT2D eigenvalue weighted by atomic mass is 10.1. The van der Waals surface area contributed by atoms with Gasteiger partial charge in [-0.3, -0.25) is 5.43 Å². The molecular weight excluding hydrogens is 250 g/mol. The first-order valence-electron chi connectivity index (χ1n) is 5.73. The molecule has 0 amide bonds. The molecule has 20 heavy (non-hydrogen) atoms. The fourth-order valence-corrected chi connectivity index (χ4v) is 1.58. The first-order valence-corrected chi connectivity index (χ1v) is 5.73. The van der Waals surface area contributed by atoms with Crippen molar-refractivity contribution in [3.05, 3.63) is 59.2 Å². The number of benzene rings is 2. The lowest BCUT2D eigenvalue weighted by Crippen LogP contribution is -2.09. The second-order valence-corrected chi connectivity index (χ2v) is 3.92. The van der Waals surface area contributed by atoms with Gasteiger partial charge in [-0.25, -0.2) is 0 Å². The van der Waals surface area contributed by atoms with Gasteiger partial charge in [-0.15, -0.1) is 0 Å². The standard InChI is InChI=1S/C15H9N5/c16-8-11-1-4-14(5-2-11)19-20-15-6-3-12(9-17)7-13(15)10-18/h1-7,19-20H. The minimum absolute atomic E-state index is 0.380. The van der Waals surface area contributed by atoms with E-state index in [1.165, 1.54) is 6.07 Å². The third kappa shape index (κ3) is 2.85. The maximum Gasteiger partial charge on any atom is 0.101 e. The molecule has 94 valence electrons. The van der Waals surface area contributed by atoms with E-state index in [-0.39, 0.29) is 0 Å². The second kappa shape index (κ2) is 5.91. The molecular formula is C15H9N5. The van der Waals surface area contributed by atoms with Crippen molar-refractivity contribution < 1.29 is 0 Å². The van der Waals surface area contributed by atoms with Crippen molar-refractivity contribution in [2.75, 3.05) is 10.9 Å². The summed E-state index contributed by atoms with van der Waals surface area (Å²) in [6.07, 6.45) is 0. The maximum absolute atomic E-state index is 9.04. The Morgan fingerprint density at radius 3 is 1.95 bits per heavy atom. The first-order chi connectivity index (χ1) is 9.76. The summed E-state index contributed by atoms with van der Waals surface area (Å²) in [5.41, 5.74) is 8.57. The van der Waals surface area contributed by atoms with Crippen LogP contribution in [-0.4, -0.2) is 0 Å². The van der Waals surface area contributed by atoms with E-state index in [1.807, 2.05) is 18.2 Å². The quantitative estimate of drug-likeness (QED) is 0.826. The Morgan fingerprint density at radius 2 is 1.35 bits per heavy atom. The van der Waals surface area contributed by atoms with Crippen LogP contribution in [0.4, 0.5) is 11.4 Å². The Hall–Kier alpha value is -3.49. The minimum Gasteiger partial charge on any atom is -0.301 e. The van der Waals surface area contributed by atoms with Crippen molar-refractivity contribution in [2.45, 2.75) is 0 Å². The molecule has 0 saturated carbocycles. The average molecular weight is 259 g/mol. The van der Waals surface area contributed by atoms with Crippen LogP contribution in [0.2, 0.25) is 0 Å². The zero-order chi connectivity index (χ0) is 14.4. The number of nitrogens with one attached hydrogen (secondary N) is 2. The Morgan fingerprint density at radius 1 is 0.700 bits per heavy atom. The second-order valence-electron chi connectivity index (χ2n) is 3.92. The average Bonchev–Trinajstić information content (AvgIpc) is 2.53. The first kappa shape index (κ1) is 13.0. The third-order valence-corrected chi connectivity index (χ3v) is 2.62. The highest BCUT2D eigenvalue weighted by Gasteiger charge is 2.03. The smallest absolute Gasteiger partial charge is 0.101 e. The van der Waals surface area contributed by atoms with Gasteiger partial charge < -0.3 is 5.43 Å². The molecule has 0 bridgehead atoms. The normalized spacial score (nSPS) is 8.85. The summed E-state index contributed by atoms with van der Waals surface area (Å²) in [5, 5.41) is 26.5. The van der Waals surface area contributed by atoms with Gasteiger partial charge in [0.05, 0.1) is 40.2 Å². The monoisotopic (exact) mass is 259 g/mol. The Bertz CT molecular complexity index is 742. The van der Waals surface area contributed by atoms with E-state index in [2.05, 4.69) is 10.9 Å². The highest BCUT2D eigenvalue weighted by Crippen LogP contribution is 2.17. The summed E-state index contributed by atoms with van der Waals surface area (Å²) < 4.78 is 0. The van der Waals surface area contributed by atoms with Gasteiger partial charge in [-0.1, -0.05) is 0 Å². The Balaban J connectivity index is 2.13. The van der Waals surface area contributed by atoms with Crippen molar-refractivity contribution in [3.63, 3.8) is 0 Å². The molecule has 5 heteroatoms. The van der Waals surface area contributed by atoms with Crippen LogP contribution < -0.4 is 10.9 Å². The van der Waals surface area contributed by atoms with Crippen molar-refractivity contribution in [2.24, 2.45) is 0 Å². The van der Waals surface area contributed by atoms with Gasteiger partial charge in [0.2, 0.25) is 0 Å². The highest BCUT2D eigenvalue weighted by atomic mass is 15.4. The van der Waals surface area contributed by atoms with Crippen molar-refractivity contribution in [1.82, 2.24) is 0 Å². The highest BCUT2D eigenvalue weighted by molar-refractivity contribution is 5.63. The topological polar surface area (TPSA) is 95.4 Å². The molecule has 0 saturated heterocycles. The molecule has 0 aliphatic carbocycles. The van der Waals surface area contributed by atoms with Crippen LogP contribution in [0.15, 0.2) is 42.5 Å². The summed E-state index contributed by atoms with van der Waals surface area (Å²) >= 11 is 0. The van der Waals surface area contributed by atoms with Crippen molar-refractivity contribution in [3.8, 4) is 18.2 Å². The molecule has 0 aliphatic rings. The molecule has 5 nitrogen and oxygen atoms in total. The number of hydrazine groups is 1. The van der Waals surface area contributed by atoms with E-state index in [4.69, 9.17) is 15.8 Å². The number of anilines is 2. The van der Waals surface area contributed by atoms with E-state index in [0.717, 1.165) is 5.69 Å². The van der Waals surface area contributed by atoms with Gasteiger partial charge >= 0.3 is 0 Å². The molecule has 2 aromatic carbocycles. The van der Waals surface area contributed by atoms with Gasteiger partial charge in [0.1, 0.15) is 6.07 Å². The fourth-order valence-electron chi connectivity index (χ4n) is 1.58. The summed E-state index contributed by atoms with van der Waals surface area (Å²) in [7, 11) is 0. The zero-order valence-electron chi connectivity index (χ0n) is 10.4. The minimum atomic E-state index is 0.380. The molecule has 2 N–H and O–H groups in total. The van der Waals surface area contributed by atoms with Gasteiger partial charge in [0.25, 0.3) is 0 Å². The van der Waals surface area contributed by atoms with Gasteiger partial charge in [-0.05, 0) is 42.5 Å². The van der Waals surface area contributed by atoms with Crippen LogP contribution in [0.1, 0.15) is 16.7 Å². The van der Waals surface area contributed by atoms with Gasteiger partial charge in [-0.2, -0.15) is 15.8 Å². The third-order valence-electron chi connectivity index (χ3n) is 2.62. The van der Waals surface area contributed by atoms with Crippen LogP contribution in [0.5, 0.6) is 0 Å². The van der Waals surface area contributed by atoms with E-state index < -0.39 is 0 Å². The molecule has 0 spiro atoms. The summed E-state index contributed by atoms with van der Waals surface area (Å²) in [6, 6.07) is 17.7.